The van der Waals surface area contributed by atoms with Crippen LogP contribution in [-0.2, 0) is 12.6 Å². The van der Waals surface area contributed by atoms with Gasteiger partial charge in [-0.3, -0.25) is 10.1 Å². The molecule has 2 aromatic carbocycles. The summed E-state index contributed by atoms with van der Waals surface area (Å²) in [6, 6.07) is 15.5. The summed E-state index contributed by atoms with van der Waals surface area (Å²) < 4.78 is 45.1. The molecule has 0 spiro atoms. The van der Waals surface area contributed by atoms with Crippen molar-refractivity contribution >= 4 is 28.9 Å². The first kappa shape index (κ1) is 23.5. The lowest BCUT2D eigenvalue weighted by atomic mass is 10.1. The Balaban J connectivity index is 1.69. The number of nitrogens with one attached hydrogen (secondary N) is 2. The van der Waals surface area contributed by atoms with Gasteiger partial charge in [0.1, 0.15) is 0 Å². The second-order valence-corrected chi connectivity index (χ2v) is 7.53. The molecule has 1 amide bonds. The molecule has 0 saturated heterocycles. The van der Waals surface area contributed by atoms with Gasteiger partial charge >= 0.3 is 6.18 Å². The van der Waals surface area contributed by atoms with Crippen LogP contribution < -0.4 is 10.6 Å². The fraction of sp³-hybridized carbons (Fsp3) is 0.261. The van der Waals surface area contributed by atoms with Gasteiger partial charge in [0.05, 0.1) is 0 Å². The van der Waals surface area contributed by atoms with Crippen LogP contribution in [0.5, 0.6) is 0 Å². The third-order valence-electron chi connectivity index (χ3n) is 4.63. The molecule has 0 aliphatic heterocycles. The van der Waals surface area contributed by atoms with E-state index in [9.17, 15) is 18.0 Å². The summed E-state index contributed by atoms with van der Waals surface area (Å²) in [6.07, 6.45) is -0.533. The molecular weight excluding hydrogens is 439 g/mol. The zero-order chi connectivity index (χ0) is 23.1. The largest absolute Gasteiger partial charge is 0.452 e. The summed E-state index contributed by atoms with van der Waals surface area (Å²) >= 11 is 5.09. The van der Waals surface area contributed by atoms with E-state index in [0.717, 1.165) is 25.7 Å². The van der Waals surface area contributed by atoms with Crippen molar-refractivity contribution < 1.29 is 22.4 Å². The number of alkyl halides is 3. The number of hydrogen-bond donors (Lipinski definition) is 2. The maximum absolute atomic E-state index is 13.4. The molecule has 0 unspecified atom stereocenters. The van der Waals surface area contributed by atoms with Crippen LogP contribution in [0.3, 0.4) is 0 Å². The van der Waals surface area contributed by atoms with E-state index in [4.69, 9.17) is 16.6 Å². The van der Waals surface area contributed by atoms with Crippen LogP contribution in [0.25, 0.3) is 11.5 Å². The standard InChI is InChI=1S/C23H22F3N3O2S/c1-2-3-5-8-15-11-13-17(14-12-15)27-22(32)29-20(30)18-19(23(24,25)26)31-21(28-18)16-9-6-4-7-10-16/h4,6-7,9-14H,2-3,5,8H2,1H3,(H2,27,29,30,32). The highest BCUT2D eigenvalue weighted by atomic mass is 32.1. The van der Waals surface area contributed by atoms with Crippen molar-refractivity contribution in [1.29, 1.82) is 0 Å². The van der Waals surface area contributed by atoms with E-state index in [1.807, 2.05) is 12.1 Å². The van der Waals surface area contributed by atoms with E-state index < -0.39 is 23.5 Å². The van der Waals surface area contributed by atoms with Crippen LogP contribution in [0.4, 0.5) is 18.9 Å². The first-order valence-electron chi connectivity index (χ1n) is 10.1. The molecule has 1 heterocycles. The molecule has 0 fully saturated rings. The van der Waals surface area contributed by atoms with Gasteiger partial charge in [-0.25, -0.2) is 4.98 Å². The van der Waals surface area contributed by atoms with Crippen molar-refractivity contribution in [1.82, 2.24) is 10.3 Å². The Morgan fingerprint density at radius 3 is 2.38 bits per heavy atom. The van der Waals surface area contributed by atoms with Crippen LogP contribution >= 0.6 is 12.2 Å². The van der Waals surface area contributed by atoms with Gasteiger partial charge in [-0.15, -0.1) is 0 Å². The highest BCUT2D eigenvalue weighted by Gasteiger charge is 2.42. The number of anilines is 1. The van der Waals surface area contributed by atoms with Crippen molar-refractivity contribution in [3.63, 3.8) is 0 Å². The number of halogens is 3. The molecular formula is C23H22F3N3O2S. The Morgan fingerprint density at radius 2 is 1.75 bits per heavy atom. The summed E-state index contributed by atoms with van der Waals surface area (Å²) in [5, 5.41) is 4.88. The zero-order valence-corrected chi connectivity index (χ0v) is 18.1. The number of nitrogens with zero attached hydrogens (tertiary/aromatic N) is 1. The number of carbonyl (C=O) groups is 1. The Hall–Kier alpha value is -3.20. The van der Waals surface area contributed by atoms with Crippen LogP contribution in [-0.4, -0.2) is 16.0 Å². The van der Waals surface area contributed by atoms with Gasteiger partial charge in [-0.05, 0) is 54.9 Å². The van der Waals surface area contributed by atoms with E-state index in [0.29, 0.717) is 11.3 Å². The predicted molar refractivity (Wildman–Crippen MR) is 120 cm³/mol. The molecule has 1 aromatic heterocycles. The highest BCUT2D eigenvalue weighted by Crippen LogP contribution is 2.35. The monoisotopic (exact) mass is 461 g/mol. The summed E-state index contributed by atoms with van der Waals surface area (Å²) in [4.78, 5) is 16.3. The van der Waals surface area contributed by atoms with Crippen LogP contribution in [0.1, 0.15) is 48.0 Å². The van der Waals surface area contributed by atoms with Gasteiger partial charge < -0.3 is 9.73 Å². The molecule has 0 atom stereocenters. The first-order valence-corrected chi connectivity index (χ1v) is 10.5. The molecule has 3 aromatic rings. The number of benzene rings is 2. The number of thiocarbonyl (C=S) groups is 1. The Bertz CT molecular complexity index is 1060. The molecule has 168 valence electrons. The fourth-order valence-corrected chi connectivity index (χ4v) is 3.24. The number of aromatic nitrogens is 1. The molecule has 0 saturated carbocycles. The van der Waals surface area contributed by atoms with E-state index in [-0.39, 0.29) is 11.0 Å². The summed E-state index contributed by atoms with van der Waals surface area (Å²) in [5.74, 6) is -2.90. The zero-order valence-electron chi connectivity index (χ0n) is 17.3. The van der Waals surface area contributed by atoms with Crippen LogP contribution in [0, 0.1) is 0 Å². The quantitative estimate of drug-likeness (QED) is 0.323. The molecule has 2 N–H and O–H groups in total. The molecule has 32 heavy (non-hydrogen) atoms. The minimum absolute atomic E-state index is 0.147. The normalized spacial score (nSPS) is 11.2. The maximum Gasteiger partial charge on any atom is 0.452 e. The lowest BCUT2D eigenvalue weighted by molar-refractivity contribution is -0.153. The number of carbonyl (C=O) groups excluding carboxylic acids is 1. The maximum atomic E-state index is 13.4. The third kappa shape index (κ3) is 6.16. The smallest absolute Gasteiger partial charge is 0.431 e. The van der Waals surface area contributed by atoms with Gasteiger partial charge in [0, 0.05) is 11.3 Å². The van der Waals surface area contributed by atoms with Crippen molar-refractivity contribution in [3.05, 3.63) is 71.6 Å². The van der Waals surface area contributed by atoms with Crippen molar-refractivity contribution in [2.75, 3.05) is 5.32 Å². The molecule has 0 aliphatic carbocycles. The lowest BCUT2D eigenvalue weighted by Crippen LogP contribution is -2.35. The SMILES string of the molecule is CCCCCc1ccc(NC(=S)NC(=O)c2nc(-c3ccccc3)oc2C(F)(F)F)cc1. The molecule has 9 heteroatoms. The van der Waals surface area contributed by atoms with Crippen molar-refractivity contribution in [2.24, 2.45) is 0 Å². The minimum atomic E-state index is -4.89. The highest BCUT2D eigenvalue weighted by molar-refractivity contribution is 7.80. The summed E-state index contributed by atoms with van der Waals surface area (Å²) in [6.45, 7) is 2.14. The Morgan fingerprint density at radius 1 is 1.06 bits per heavy atom. The van der Waals surface area contributed by atoms with Gasteiger partial charge in [0.2, 0.25) is 11.7 Å². The molecule has 0 radical (unpaired) electrons. The molecule has 0 aliphatic rings. The predicted octanol–water partition coefficient (Wildman–Crippen LogP) is 6.22. The Kier molecular flexibility index (Phi) is 7.63. The van der Waals surface area contributed by atoms with Gasteiger partial charge in [-0.2, -0.15) is 13.2 Å². The molecule has 0 bridgehead atoms. The fourth-order valence-electron chi connectivity index (χ4n) is 3.03. The van der Waals surface area contributed by atoms with Crippen molar-refractivity contribution in [3.8, 4) is 11.5 Å². The third-order valence-corrected chi connectivity index (χ3v) is 4.83. The van der Waals surface area contributed by atoms with E-state index >= 15 is 0 Å². The first-order chi connectivity index (χ1) is 15.3. The second-order valence-electron chi connectivity index (χ2n) is 7.12. The average Bonchev–Trinajstić information content (AvgIpc) is 3.22. The number of hydrogen-bond acceptors (Lipinski definition) is 4. The lowest BCUT2D eigenvalue weighted by Gasteiger charge is -2.10. The number of amides is 1. The molecule has 5 nitrogen and oxygen atoms in total. The average molecular weight is 462 g/mol. The van der Waals surface area contributed by atoms with Gasteiger partial charge in [-0.1, -0.05) is 50.1 Å². The van der Waals surface area contributed by atoms with E-state index in [2.05, 4.69) is 22.5 Å². The summed E-state index contributed by atoms with van der Waals surface area (Å²) in [5.41, 5.74) is 1.21. The summed E-state index contributed by atoms with van der Waals surface area (Å²) in [7, 11) is 0. The van der Waals surface area contributed by atoms with Gasteiger partial charge in [0.15, 0.2) is 10.8 Å². The topological polar surface area (TPSA) is 67.2 Å². The number of aryl methyl sites for hydroxylation is 1. The minimum Gasteiger partial charge on any atom is -0.431 e. The van der Waals surface area contributed by atoms with E-state index in [1.54, 1.807) is 30.3 Å². The van der Waals surface area contributed by atoms with Crippen molar-refractivity contribution in [2.45, 2.75) is 38.8 Å². The Labute approximate surface area is 189 Å². The number of unbranched alkanes of at least 4 members (excludes halogenated alkanes) is 2. The van der Waals surface area contributed by atoms with Gasteiger partial charge in [0.25, 0.3) is 5.91 Å². The van der Waals surface area contributed by atoms with E-state index in [1.165, 1.54) is 17.7 Å². The van der Waals surface area contributed by atoms with Crippen LogP contribution in [0.15, 0.2) is 59.0 Å². The number of rotatable bonds is 7. The van der Waals surface area contributed by atoms with Crippen LogP contribution in [0.2, 0.25) is 0 Å². The second kappa shape index (κ2) is 10.4. The number of oxazole rings is 1. The molecule has 3 rings (SSSR count).